The molecule has 0 aliphatic carbocycles. The van der Waals surface area contributed by atoms with E-state index < -0.39 is 0 Å². The van der Waals surface area contributed by atoms with Crippen molar-refractivity contribution >= 4 is 40.2 Å². The summed E-state index contributed by atoms with van der Waals surface area (Å²) in [6.07, 6.45) is 0. The summed E-state index contributed by atoms with van der Waals surface area (Å²) in [5.41, 5.74) is 5.14. The second kappa shape index (κ2) is 8.76. The molecule has 5 heteroatoms. The van der Waals surface area contributed by atoms with Crippen molar-refractivity contribution in [3.8, 4) is 11.3 Å². The van der Waals surface area contributed by atoms with E-state index in [9.17, 15) is 4.79 Å². The van der Waals surface area contributed by atoms with Crippen LogP contribution in [0.4, 0.5) is 0 Å². The summed E-state index contributed by atoms with van der Waals surface area (Å²) in [7, 11) is 0. The number of hydrogen-bond acceptors (Lipinski definition) is 2. The van der Waals surface area contributed by atoms with Gasteiger partial charge in [0.15, 0.2) is 0 Å². The highest BCUT2D eigenvalue weighted by Gasteiger charge is 2.14. The zero-order valence-corrected chi connectivity index (χ0v) is 17.6. The van der Waals surface area contributed by atoms with Crippen molar-refractivity contribution in [1.82, 2.24) is 10.3 Å². The number of rotatable bonds is 6. The van der Waals surface area contributed by atoms with Gasteiger partial charge in [-0.2, -0.15) is 0 Å². The van der Waals surface area contributed by atoms with Crippen molar-refractivity contribution in [3.05, 3.63) is 88.9 Å². The van der Waals surface area contributed by atoms with E-state index >= 15 is 0 Å². The Morgan fingerprint density at radius 2 is 1.72 bits per heavy atom. The van der Waals surface area contributed by atoms with Crippen LogP contribution in [0, 0.1) is 6.92 Å². The van der Waals surface area contributed by atoms with Crippen LogP contribution in [-0.4, -0.2) is 23.2 Å². The largest absolute Gasteiger partial charge is 0.354 e. The molecule has 0 saturated heterocycles. The summed E-state index contributed by atoms with van der Waals surface area (Å²) < 4.78 is 0. The topological polar surface area (TPSA) is 44.9 Å². The molecule has 0 radical (unpaired) electrons. The molecule has 0 atom stereocenters. The maximum Gasteiger partial charge on any atom is 0.252 e. The minimum absolute atomic E-state index is 0.145. The van der Waals surface area contributed by atoms with Gasteiger partial charge in [0, 0.05) is 28.1 Å². The zero-order valence-electron chi connectivity index (χ0n) is 16.0. The van der Waals surface area contributed by atoms with Gasteiger partial charge in [-0.3, -0.25) is 4.79 Å². The number of nitrogens with one attached hydrogen (secondary N) is 2. The Bertz CT molecular complexity index is 1150. The molecule has 2 N–H and O–H groups in total. The molecule has 0 spiro atoms. The number of amides is 1. The van der Waals surface area contributed by atoms with Gasteiger partial charge in [-0.15, -0.1) is 11.8 Å². The van der Waals surface area contributed by atoms with Crippen molar-refractivity contribution in [2.24, 2.45) is 0 Å². The monoisotopic (exact) mass is 420 g/mol. The van der Waals surface area contributed by atoms with Gasteiger partial charge in [-0.25, -0.2) is 0 Å². The van der Waals surface area contributed by atoms with Crippen molar-refractivity contribution < 1.29 is 4.79 Å². The van der Waals surface area contributed by atoms with Crippen LogP contribution >= 0.6 is 23.4 Å². The Labute approximate surface area is 179 Å². The highest BCUT2D eigenvalue weighted by atomic mass is 35.5. The molecule has 3 aromatic carbocycles. The first-order valence-electron chi connectivity index (χ1n) is 9.47. The lowest BCUT2D eigenvalue weighted by Gasteiger charge is -2.08. The van der Waals surface area contributed by atoms with E-state index in [1.54, 1.807) is 23.9 Å². The standard InChI is InChI=1S/C24H21ClN2OS/c1-16-10-12-17(13-11-16)22-23(19-7-3-5-9-21(19)27-22)29-15-14-26-24(28)18-6-2-4-8-20(18)25/h2-13,27H,14-15H2,1H3,(H,26,28). The second-order valence-corrected chi connectivity index (χ2v) is 8.34. The molecule has 3 nitrogen and oxygen atoms in total. The number of benzene rings is 3. The lowest BCUT2D eigenvalue weighted by molar-refractivity contribution is 0.0956. The van der Waals surface area contributed by atoms with Crippen LogP contribution in [0.25, 0.3) is 22.2 Å². The number of aromatic nitrogens is 1. The zero-order chi connectivity index (χ0) is 20.2. The van der Waals surface area contributed by atoms with Crippen molar-refractivity contribution in [2.75, 3.05) is 12.3 Å². The minimum Gasteiger partial charge on any atom is -0.354 e. The number of para-hydroxylation sites is 1. The Balaban J connectivity index is 1.50. The van der Waals surface area contributed by atoms with Gasteiger partial charge in [-0.05, 0) is 30.7 Å². The Hall–Kier alpha value is -2.69. The van der Waals surface area contributed by atoms with Gasteiger partial charge in [0.2, 0.25) is 0 Å². The van der Waals surface area contributed by atoms with E-state index in [1.807, 2.05) is 18.2 Å². The summed E-state index contributed by atoms with van der Waals surface area (Å²) in [6, 6.07) is 23.9. The van der Waals surface area contributed by atoms with Gasteiger partial charge in [0.25, 0.3) is 5.91 Å². The maximum atomic E-state index is 12.3. The van der Waals surface area contributed by atoms with Crippen molar-refractivity contribution in [3.63, 3.8) is 0 Å². The Morgan fingerprint density at radius 3 is 2.52 bits per heavy atom. The first kappa shape index (κ1) is 19.6. The molecule has 0 aliphatic heterocycles. The smallest absolute Gasteiger partial charge is 0.252 e. The third kappa shape index (κ3) is 4.34. The van der Waals surface area contributed by atoms with Crippen LogP contribution in [0.15, 0.2) is 77.7 Å². The molecule has 29 heavy (non-hydrogen) atoms. The molecule has 0 unspecified atom stereocenters. The third-order valence-corrected chi connectivity index (χ3v) is 6.20. The Morgan fingerprint density at radius 1 is 1.00 bits per heavy atom. The normalized spacial score (nSPS) is 11.0. The molecule has 0 fully saturated rings. The number of thioether (sulfide) groups is 1. The molecule has 1 heterocycles. The average Bonchev–Trinajstić information content (AvgIpc) is 3.10. The Kier molecular flexibility index (Phi) is 5.93. The fourth-order valence-corrected chi connectivity index (χ4v) is 4.52. The molecule has 146 valence electrons. The lowest BCUT2D eigenvalue weighted by atomic mass is 10.1. The van der Waals surface area contributed by atoms with Crippen LogP contribution in [0.3, 0.4) is 0 Å². The van der Waals surface area contributed by atoms with E-state index in [2.05, 4.69) is 59.7 Å². The molecule has 4 rings (SSSR count). The molecular formula is C24H21ClN2OS. The van der Waals surface area contributed by atoms with E-state index in [0.717, 1.165) is 22.5 Å². The lowest BCUT2D eigenvalue weighted by Crippen LogP contribution is -2.25. The fraction of sp³-hybridized carbons (Fsp3) is 0.125. The number of fused-ring (bicyclic) bond motifs is 1. The molecule has 4 aromatic rings. The van der Waals surface area contributed by atoms with Gasteiger partial charge >= 0.3 is 0 Å². The number of aryl methyl sites for hydroxylation is 1. The summed E-state index contributed by atoms with van der Waals surface area (Å²) in [4.78, 5) is 17.1. The van der Waals surface area contributed by atoms with Gasteiger partial charge < -0.3 is 10.3 Å². The first-order chi connectivity index (χ1) is 14.1. The number of H-pyrrole nitrogens is 1. The van der Waals surface area contributed by atoms with Crippen molar-refractivity contribution in [2.45, 2.75) is 11.8 Å². The van der Waals surface area contributed by atoms with Gasteiger partial charge in [0.1, 0.15) is 0 Å². The first-order valence-corrected chi connectivity index (χ1v) is 10.8. The molecule has 0 aliphatic rings. The van der Waals surface area contributed by atoms with Crippen LogP contribution < -0.4 is 5.32 Å². The maximum absolute atomic E-state index is 12.3. The third-order valence-electron chi connectivity index (χ3n) is 4.75. The quantitative estimate of drug-likeness (QED) is 0.283. The number of aromatic amines is 1. The van der Waals surface area contributed by atoms with Crippen LogP contribution in [0.5, 0.6) is 0 Å². The van der Waals surface area contributed by atoms with Crippen molar-refractivity contribution in [1.29, 1.82) is 0 Å². The van der Waals surface area contributed by atoms with E-state index in [4.69, 9.17) is 11.6 Å². The highest BCUT2D eigenvalue weighted by molar-refractivity contribution is 7.99. The minimum atomic E-state index is -0.145. The van der Waals surface area contributed by atoms with Gasteiger partial charge in [-0.1, -0.05) is 71.8 Å². The molecule has 1 aromatic heterocycles. The highest BCUT2D eigenvalue weighted by Crippen LogP contribution is 2.37. The predicted octanol–water partition coefficient (Wildman–Crippen LogP) is 6.32. The number of carbonyl (C=O) groups is 1. The number of halogens is 1. The summed E-state index contributed by atoms with van der Waals surface area (Å²) in [5, 5.41) is 4.63. The van der Waals surface area contributed by atoms with Gasteiger partial charge in [0.05, 0.1) is 16.3 Å². The van der Waals surface area contributed by atoms with E-state index in [-0.39, 0.29) is 5.91 Å². The molecule has 0 bridgehead atoms. The summed E-state index contributed by atoms with van der Waals surface area (Å²) in [5.74, 6) is 0.616. The molecule has 1 amide bonds. The fourth-order valence-electron chi connectivity index (χ4n) is 3.25. The number of carbonyl (C=O) groups excluding carboxylic acids is 1. The molecular weight excluding hydrogens is 400 g/mol. The van der Waals surface area contributed by atoms with Crippen LogP contribution in [-0.2, 0) is 0 Å². The van der Waals surface area contributed by atoms with E-state index in [1.165, 1.54) is 15.8 Å². The summed E-state index contributed by atoms with van der Waals surface area (Å²) >= 11 is 7.85. The SMILES string of the molecule is Cc1ccc(-c2[nH]c3ccccc3c2SCCNC(=O)c2ccccc2Cl)cc1. The second-order valence-electron chi connectivity index (χ2n) is 6.82. The molecule has 0 saturated carbocycles. The average molecular weight is 421 g/mol. The number of hydrogen-bond donors (Lipinski definition) is 2. The van der Waals surface area contributed by atoms with E-state index in [0.29, 0.717) is 17.1 Å². The predicted molar refractivity (Wildman–Crippen MR) is 123 cm³/mol. The van der Waals surface area contributed by atoms with Crippen LogP contribution in [0.2, 0.25) is 5.02 Å². The summed E-state index contributed by atoms with van der Waals surface area (Å²) in [6.45, 7) is 2.65. The van der Waals surface area contributed by atoms with Crippen LogP contribution in [0.1, 0.15) is 15.9 Å².